The van der Waals surface area contributed by atoms with Crippen molar-refractivity contribution < 1.29 is 9.47 Å². The lowest BCUT2D eigenvalue weighted by Crippen LogP contribution is -2.56. The van der Waals surface area contributed by atoms with Crippen LogP contribution in [0.3, 0.4) is 0 Å². The summed E-state index contributed by atoms with van der Waals surface area (Å²) in [6.45, 7) is 20.4. The Morgan fingerprint density at radius 3 is 1.63 bits per heavy atom. The summed E-state index contributed by atoms with van der Waals surface area (Å²) in [7, 11) is 0. The SMILES string of the molecule is CC(C)(C)c1ccc(N(c2ccc(C(C)(C)C)cc2)c2ccc3c(c2)Oc2cccc4c2B3c2sc3ccc(C(C)(C)C)cc3c2O4)cc1. The highest BCUT2D eigenvalue weighted by atomic mass is 32.1. The number of hydrogen-bond acceptors (Lipinski definition) is 4. The van der Waals surface area contributed by atoms with Gasteiger partial charge in [-0.2, -0.15) is 0 Å². The molecule has 0 saturated carbocycles. The number of benzene rings is 5. The zero-order valence-corrected chi connectivity index (χ0v) is 30.9. The number of ether oxygens (including phenoxy) is 2. The van der Waals surface area contributed by atoms with Crippen molar-refractivity contribution in [2.75, 3.05) is 4.90 Å². The van der Waals surface area contributed by atoms with Gasteiger partial charge in [0.25, 0.3) is 6.71 Å². The molecule has 5 aromatic carbocycles. The minimum atomic E-state index is 0.0359. The van der Waals surface area contributed by atoms with E-state index in [0.717, 1.165) is 45.5 Å². The second-order valence-electron chi connectivity index (χ2n) is 16.7. The largest absolute Gasteiger partial charge is 0.458 e. The van der Waals surface area contributed by atoms with Crippen molar-refractivity contribution in [3.8, 4) is 23.0 Å². The average Bonchev–Trinajstić information content (AvgIpc) is 3.42. The van der Waals surface area contributed by atoms with E-state index in [0.29, 0.717) is 0 Å². The lowest BCUT2D eigenvalue weighted by atomic mass is 9.37. The highest BCUT2D eigenvalue weighted by molar-refractivity contribution is 7.33. The van der Waals surface area contributed by atoms with Crippen molar-refractivity contribution in [2.45, 2.75) is 78.6 Å². The standard InChI is InChI=1S/C44H44BNO2S/c1-42(2,3)27-13-18-30(19-14-27)46(31-20-15-28(16-21-31)43(4,5)6)32-22-23-34-37(26-32)47-35-11-10-12-36-39(35)45(34)41-40(48-36)33-25-29(44(7,8)9)17-24-38(33)49-41/h10-26H,1-9H3. The molecule has 0 N–H and O–H groups in total. The Balaban J connectivity index is 1.27. The van der Waals surface area contributed by atoms with Gasteiger partial charge in [-0.3, -0.25) is 0 Å². The maximum Gasteiger partial charge on any atom is 0.273 e. The normalized spacial score (nSPS) is 13.7. The Bertz CT molecular complexity index is 2170. The van der Waals surface area contributed by atoms with Gasteiger partial charge in [-0.1, -0.05) is 105 Å². The summed E-state index contributed by atoms with van der Waals surface area (Å²) in [4.78, 5) is 2.34. The van der Waals surface area contributed by atoms with Gasteiger partial charge < -0.3 is 14.4 Å². The van der Waals surface area contributed by atoms with Crippen molar-refractivity contribution in [2.24, 2.45) is 0 Å². The minimum absolute atomic E-state index is 0.0359. The van der Waals surface area contributed by atoms with Gasteiger partial charge in [0, 0.05) is 43.5 Å². The Labute approximate surface area is 295 Å². The third-order valence-corrected chi connectivity index (χ3v) is 11.3. The lowest BCUT2D eigenvalue weighted by Gasteiger charge is -2.33. The van der Waals surface area contributed by atoms with E-state index < -0.39 is 0 Å². The molecular formula is C44H44BNO2S. The van der Waals surface area contributed by atoms with Crippen LogP contribution in [0.1, 0.15) is 79.0 Å². The molecule has 0 radical (unpaired) electrons. The predicted octanol–water partition coefficient (Wildman–Crippen LogP) is 11.0. The molecule has 0 bridgehead atoms. The number of nitrogens with zero attached hydrogens (tertiary/aromatic N) is 1. The van der Waals surface area contributed by atoms with Crippen molar-refractivity contribution in [3.63, 3.8) is 0 Å². The average molecular weight is 662 g/mol. The predicted molar refractivity (Wildman–Crippen MR) is 210 cm³/mol. The fourth-order valence-electron chi connectivity index (χ4n) is 7.16. The van der Waals surface area contributed by atoms with E-state index in [1.54, 1.807) is 0 Å². The van der Waals surface area contributed by atoms with Gasteiger partial charge in [0.15, 0.2) is 0 Å². The summed E-state index contributed by atoms with van der Waals surface area (Å²) in [5, 5.41) is 1.19. The van der Waals surface area contributed by atoms with Crippen LogP contribution in [-0.2, 0) is 16.2 Å². The third kappa shape index (κ3) is 5.43. The molecule has 49 heavy (non-hydrogen) atoms. The fraction of sp³-hybridized carbons (Fsp3) is 0.273. The summed E-state index contributed by atoms with van der Waals surface area (Å²) in [5.41, 5.74) is 9.71. The van der Waals surface area contributed by atoms with Crippen LogP contribution in [0.4, 0.5) is 17.1 Å². The molecule has 0 aliphatic carbocycles. The van der Waals surface area contributed by atoms with Gasteiger partial charge in [-0.15, -0.1) is 11.3 Å². The van der Waals surface area contributed by atoms with Gasteiger partial charge in [0.1, 0.15) is 23.0 Å². The zero-order valence-electron chi connectivity index (χ0n) is 30.1. The molecule has 3 heterocycles. The Morgan fingerprint density at radius 2 is 1.06 bits per heavy atom. The molecule has 3 nitrogen and oxygen atoms in total. The summed E-state index contributed by atoms with van der Waals surface area (Å²) in [6, 6.07) is 37.8. The number of fused-ring (bicyclic) bond motifs is 6. The van der Waals surface area contributed by atoms with E-state index in [1.807, 2.05) is 17.4 Å². The van der Waals surface area contributed by atoms with Gasteiger partial charge in [0.2, 0.25) is 0 Å². The number of anilines is 3. The first-order chi connectivity index (χ1) is 23.2. The highest BCUT2D eigenvalue weighted by Gasteiger charge is 2.42. The van der Waals surface area contributed by atoms with Crippen LogP contribution in [0.5, 0.6) is 23.0 Å². The van der Waals surface area contributed by atoms with Crippen LogP contribution in [0.15, 0.2) is 103 Å². The van der Waals surface area contributed by atoms with Crippen molar-refractivity contribution in [3.05, 3.63) is 120 Å². The van der Waals surface area contributed by atoms with Crippen LogP contribution in [0, 0.1) is 0 Å². The summed E-state index contributed by atoms with van der Waals surface area (Å²) in [6.07, 6.45) is 0. The van der Waals surface area contributed by atoms with Gasteiger partial charge >= 0.3 is 0 Å². The smallest absolute Gasteiger partial charge is 0.273 e. The molecule has 8 rings (SSSR count). The van der Waals surface area contributed by atoms with Crippen LogP contribution in [0.25, 0.3) is 10.1 Å². The second-order valence-corrected chi connectivity index (χ2v) is 17.8. The monoisotopic (exact) mass is 661 g/mol. The Hall–Kier alpha value is -4.48. The van der Waals surface area contributed by atoms with E-state index in [4.69, 9.17) is 9.47 Å². The molecule has 2 aliphatic heterocycles. The maximum atomic E-state index is 6.77. The molecule has 6 aromatic rings. The first-order valence-electron chi connectivity index (χ1n) is 17.4. The van der Waals surface area contributed by atoms with Gasteiger partial charge in [0.05, 0.1) is 0 Å². The second kappa shape index (κ2) is 11.0. The van der Waals surface area contributed by atoms with Crippen molar-refractivity contribution >= 4 is 60.9 Å². The van der Waals surface area contributed by atoms with Crippen LogP contribution >= 0.6 is 11.3 Å². The summed E-state index contributed by atoms with van der Waals surface area (Å²) >= 11 is 1.84. The van der Waals surface area contributed by atoms with Crippen LogP contribution in [-0.4, -0.2) is 6.71 Å². The molecule has 1 aromatic heterocycles. The first kappa shape index (κ1) is 31.8. The molecule has 0 saturated heterocycles. The fourth-order valence-corrected chi connectivity index (χ4v) is 8.40. The van der Waals surface area contributed by atoms with Crippen molar-refractivity contribution in [1.29, 1.82) is 0 Å². The van der Waals surface area contributed by atoms with Gasteiger partial charge in [-0.25, -0.2) is 0 Å². The molecule has 0 amide bonds. The Morgan fingerprint density at radius 1 is 0.531 bits per heavy atom. The quantitative estimate of drug-likeness (QED) is 0.176. The molecule has 2 aliphatic rings. The molecule has 246 valence electrons. The van der Waals surface area contributed by atoms with Crippen molar-refractivity contribution in [1.82, 2.24) is 0 Å². The zero-order chi connectivity index (χ0) is 34.5. The Kier molecular flexibility index (Phi) is 7.14. The molecule has 5 heteroatoms. The van der Waals surface area contributed by atoms with E-state index in [1.165, 1.54) is 37.0 Å². The van der Waals surface area contributed by atoms with Crippen LogP contribution < -0.4 is 30.1 Å². The number of hydrogen-bond donors (Lipinski definition) is 0. The molecule has 0 unspecified atom stereocenters. The van der Waals surface area contributed by atoms with Crippen LogP contribution in [0.2, 0.25) is 0 Å². The summed E-state index contributed by atoms with van der Waals surface area (Å²) < 4.78 is 16.0. The van der Waals surface area contributed by atoms with E-state index in [2.05, 4.69) is 164 Å². The molecule has 0 atom stereocenters. The van der Waals surface area contributed by atoms with E-state index in [9.17, 15) is 0 Å². The molecule has 0 spiro atoms. The topological polar surface area (TPSA) is 21.7 Å². The van der Waals surface area contributed by atoms with Gasteiger partial charge in [-0.05, 0) is 93.0 Å². The number of rotatable bonds is 3. The van der Waals surface area contributed by atoms with E-state index >= 15 is 0 Å². The first-order valence-corrected chi connectivity index (χ1v) is 18.2. The lowest BCUT2D eigenvalue weighted by molar-refractivity contribution is 0.468. The minimum Gasteiger partial charge on any atom is -0.458 e. The third-order valence-electron chi connectivity index (χ3n) is 10.1. The summed E-state index contributed by atoms with van der Waals surface area (Å²) in [5.74, 6) is 3.61. The van der Waals surface area contributed by atoms with E-state index in [-0.39, 0.29) is 23.0 Å². The molecular weight excluding hydrogens is 617 g/mol. The number of thiophene rings is 1. The maximum absolute atomic E-state index is 6.77. The highest BCUT2D eigenvalue weighted by Crippen LogP contribution is 2.44. The molecule has 0 fully saturated rings.